The van der Waals surface area contributed by atoms with Crippen LogP contribution in [-0.2, 0) is 6.42 Å². The molecule has 3 aromatic carbocycles. The summed E-state index contributed by atoms with van der Waals surface area (Å²) >= 11 is 0. The Morgan fingerprint density at radius 2 is 1.47 bits per heavy atom. The largest absolute Gasteiger partial charge is 0.206 e. The lowest BCUT2D eigenvalue weighted by atomic mass is 9.77. The minimum atomic E-state index is -0.0257. The highest BCUT2D eigenvalue weighted by Crippen LogP contribution is 2.39. The molecule has 0 radical (unpaired) electrons. The van der Waals surface area contributed by atoms with Gasteiger partial charge < -0.3 is 0 Å². The van der Waals surface area contributed by atoms with Gasteiger partial charge in [0, 0.05) is 16.5 Å². The van der Waals surface area contributed by atoms with Crippen LogP contribution in [0, 0.1) is 23.6 Å². The lowest BCUT2D eigenvalue weighted by Crippen LogP contribution is -2.13. The molecule has 0 N–H and O–H groups in total. The van der Waals surface area contributed by atoms with Gasteiger partial charge in [-0.2, -0.15) is 0 Å². The van der Waals surface area contributed by atoms with Gasteiger partial charge in [0.05, 0.1) is 0 Å². The molecule has 1 saturated carbocycles. The van der Waals surface area contributed by atoms with Crippen LogP contribution in [0.15, 0.2) is 54.6 Å². The predicted octanol–water partition coefficient (Wildman–Crippen LogP) is 9.58. The van der Waals surface area contributed by atoms with E-state index < -0.39 is 0 Å². The van der Waals surface area contributed by atoms with Crippen molar-refractivity contribution >= 4 is 10.8 Å². The fourth-order valence-electron chi connectivity index (χ4n) is 5.42. The molecular formula is C33H39F. The summed E-state index contributed by atoms with van der Waals surface area (Å²) in [5.41, 5.74) is 4.26. The highest BCUT2D eigenvalue weighted by Gasteiger charge is 2.24. The van der Waals surface area contributed by atoms with E-state index in [4.69, 9.17) is 0 Å². The molecule has 0 aliphatic heterocycles. The van der Waals surface area contributed by atoms with Crippen LogP contribution in [0.4, 0.5) is 4.39 Å². The molecule has 178 valence electrons. The second kappa shape index (κ2) is 12.2. The number of halogens is 1. The maximum absolute atomic E-state index is 15.4. The summed E-state index contributed by atoms with van der Waals surface area (Å²) in [6.07, 6.45) is 13.6. The molecule has 0 saturated heterocycles. The Hall–Kier alpha value is -2.59. The van der Waals surface area contributed by atoms with Crippen LogP contribution in [0.1, 0.15) is 106 Å². The van der Waals surface area contributed by atoms with Crippen LogP contribution in [-0.4, -0.2) is 0 Å². The number of benzene rings is 3. The summed E-state index contributed by atoms with van der Waals surface area (Å²) < 4.78 is 15.4. The first-order valence-corrected chi connectivity index (χ1v) is 13.5. The molecule has 1 aliphatic carbocycles. The van der Waals surface area contributed by atoms with E-state index >= 15 is 4.39 Å². The normalized spacial score (nSPS) is 18.0. The molecule has 0 spiro atoms. The average molecular weight is 455 g/mol. The summed E-state index contributed by atoms with van der Waals surface area (Å²) in [4.78, 5) is 0. The van der Waals surface area contributed by atoms with E-state index in [1.54, 1.807) is 0 Å². The van der Waals surface area contributed by atoms with Gasteiger partial charge in [0.15, 0.2) is 0 Å². The zero-order chi connectivity index (χ0) is 23.8. The first kappa shape index (κ1) is 24.5. The fraction of sp³-hybridized carbons (Fsp3) is 0.455. The smallest absolute Gasteiger partial charge is 0.134 e. The monoisotopic (exact) mass is 454 g/mol. The molecule has 4 rings (SSSR count). The Balaban J connectivity index is 1.41. The predicted molar refractivity (Wildman–Crippen MR) is 144 cm³/mol. The van der Waals surface area contributed by atoms with Gasteiger partial charge in [-0.05, 0) is 91.1 Å². The van der Waals surface area contributed by atoms with E-state index in [2.05, 4.69) is 56.0 Å². The number of rotatable bonds is 8. The second-order valence-electron chi connectivity index (χ2n) is 10.1. The summed E-state index contributed by atoms with van der Waals surface area (Å²) in [5, 5.41) is 1.66. The lowest BCUT2D eigenvalue weighted by molar-refractivity contribution is 0.315. The Morgan fingerprint density at radius 3 is 2.21 bits per heavy atom. The van der Waals surface area contributed by atoms with E-state index in [1.165, 1.54) is 56.9 Å². The number of fused-ring (bicyclic) bond motifs is 1. The van der Waals surface area contributed by atoms with Crippen LogP contribution < -0.4 is 0 Å². The quantitative estimate of drug-likeness (QED) is 0.235. The standard InChI is InChI=1S/C33H39F/c1-3-5-6-7-8-9-26-10-12-27(13-11-26)14-15-28-18-22-32-30(24-28)21-23-31(33(32)34)29-19-16-25(4-2)17-20-29/h10-13,18,21-25,29H,3-9,16-17,19-20H2,1-2H3. The minimum absolute atomic E-state index is 0.0257. The SMILES string of the molecule is CCCCCCCc1ccc(C#Cc2ccc3c(F)c(C4CCC(CC)CC4)ccc3c2)cc1. The van der Waals surface area contributed by atoms with Crippen molar-refractivity contribution in [3.8, 4) is 11.8 Å². The van der Waals surface area contributed by atoms with Gasteiger partial charge in [-0.25, -0.2) is 4.39 Å². The Bertz CT molecular complexity index is 1120. The molecule has 1 heteroatoms. The third kappa shape index (κ3) is 6.29. The van der Waals surface area contributed by atoms with E-state index in [0.717, 1.165) is 52.6 Å². The van der Waals surface area contributed by atoms with E-state index in [1.807, 2.05) is 24.3 Å². The fourth-order valence-corrected chi connectivity index (χ4v) is 5.42. The molecule has 0 nitrogen and oxygen atoms in total. The second-order valence-corrected chi connectivity index (χ2v) is 10.1. The van der Waals surface area contributed by atoms with Crippen molar-refractivity contribution in [2.24, 2.45) is 5.92 Å². The van der Waals surface area contributed by atoms with Crippen LogP contribution in [0.5, 0.6) is 0 Å². The van der Waals surface area contributed by atoms with Crippen molar-refractivity contribution in [1.29, 1.82) is 0 Å². The van der Waals surface area contributed by atoms with Gasteiger partial charge >= 0.3 is 0 Å². The maximum atomic E-state index is 15.4. The van der Waals surface area contributed by atoms with Crippen molar-refractivity contribution in [2.45, 2.75) is 90.4 Å². The van der Waals surface area contributed by atoms with E-state index in [0.29, 0.717) is 5.92 Å². The Morgan fingerprint density at radius 1 is 0.765 bits per heavy atom. The highest BCUT2D eigenvalue weighted by atomic mass is 19.1. The molecule has 0 aromatic heterocycles. The van der Waals surface area contributed by atoms with Crippen LogP contribution in [0.2, 0.25) is 0 Å². The molecule has 0 heterocycles. The summed E-state index contributed by atoms with van der Waals surface area (Å²) in [7, 11) is 0. The topological polar surface area (TPSA) is 0 Å². The molecular weight excluding hydrogens is 415 g/mol. The van der Waals surface area contributed by atoms with Crippen molar-refractivity contribution in [2.75, 3.05) is 0 Å². The van der Waals surface area contributed by atoms with Crippen LogP contribution in [0.25, 0.3) is 10.8 Å². The molecule has 0 unspecified atom stereocenters. The molecule has 0 atom stereocenters. The van der Waals surface area contributed by atoms with Crippen molar-refractivity contribution in [1.82, 2.24) is 0 Å². The van der Waals surface area contributed by atoms with Gasteiger partial charge in [-0.15, -0.1) is 0 Å². The zero-order valence-electron chi connectivity index (χ0n) is 21.0. The summed E-state index contributed by atoms with van der Waals surface area (Å²) in [5.74, 6) is 7.72. The lowest BCUT2D eigenvalue weighted by Gasteiger charge is -2.28. The van der Waals surface area contributed by atoms with Gasteiger partial charge in [0.2, 0.25) is 0 Å². The first-order chi connectivity index (χ1) is 16.7. The number of aryl methyl sites for hydroxylation is 1. The van der Waals surface area contributed by atoms with Crippen molar-refractivity contribution in [3.63, 3.8) is 0 Å². The Kier molecular flexibility index (Phi) is 8.81. The van der Waals surface area contributed by atoms with Gasteiger partial charge in [0.1, 0.15) is 5.82 Å². The first-order valence-electron chi connectivity index (χ1n) is 13.5. The molecule has 3 aromatic rings. The summed E-state index contributed by atoms with van der Waals surface area (Å²) in [6, 6.07) is 18.6. The van der Waals surface area contributed by atoms with Crippen molar-refractivity contribution < 1.29 is 4.39 Å². The molecule has 1 fully saturated rings. The highest BCUT2D eigenvalue weighted by molar-refractivity contribution is 5.85. The average Bonchev–Trinajstić information content (AvgIpc) is 2.88. The van der Waals surface area contributed by atoms with E-state index in [-0.39, 0.29) is 5.82 Å². The zero-order valence-corrected chi connectivity index (χ0v) is 21.0. The maximum Gasteiger partial charge on any atom is 0.134 e. The van der Waals surface area contributed by atoms with Crippen molar-refractivity contribution in [3.05, 3.63) is 82.7 Å². The molecule has 34 heavy (non-hydrogen) atoms. The van der Waals surface area contributed by atoms with Gasteiger partial charge in [-0.1, -0.05) is 88.1 Å². The molecule has 1 aliphatic rings. The molecule has 0 amide bonds. The third-order valence-electron chi connectivity index (χ3n) is 7.72. The molecule has 0 bridgehead atoms. The van der Waals surface area contributed by atoms with E-state index in [9.17, 15) is 0 Å². The van der Waals surface area contributed by atoms with Gasteiger partial charge in [-0.3, -0.25) is 0 Å². The van der Waals surface area contributed by atoms with Crippen LogP contribution in [0.3, 0.4) is 0 Å². The third-order valence-corrected chi connectivity index (χ3v) is 7.72. The van der Waals surface area contributed by atoms with Gasteiger partial charge in [0.25, 0.3) is 0 Å². The minimum Gasteiger partial charge on any atom is -0.206 e. The number of hydrogen-bond donors (Lipinski definition) is 0. The summed E-state index contributed by atoms with van der Waals surface area (Å²) in [6.45, 7) is 4.53. The number of unbranched alkanes of at least 4 members (excludes halogenated alkanes) is 4. The Labute approximate surface area is 206 Å². The number of hydrogen-bond acceptors (Lipinski definition) is 0. The van der Waals surface area contributed by atoms with Crippen LogP contribution >= 0.6 is 0 Å².